The van der Waals surface area contributed by atoms with Gasteiger partial charge in [0.25, 0.3) is 5.91 Å². The molecule has 29 heavy (non-hydrogen) atoms. The largest absolute Gasteiger partial charge is 0.465 e. The van der Waals surface area contributed by atoms with E-state index in [0.717, 1.165) is 6.07 Å². The highest BCUT2D eigenvalue weighted by Gasteiger charge is 2.34. The predicted molar refractivity (Wildman–Crippen MR) is 98.9 cm³/mol. The quantitative estimate of drug-likeness (QED) is 0.395. The third-order valence-corrected chi connectivity index (χ3v) is 4.17. The molecule has 2 heterocycles. The lowest BCUT2D eigenvalue weighted by molar-refractivity contribution is -0.402. The summed E-state index contributed by atoms with van der Waals surface area (Å²) in [5, 5.41) is 18.5. The van der Waals surface area contributed by atoms with Gasteiger partial charge in [-0.05, 0) is 25.1 Å². The number of nitrogens with zero attached hydrogens (tertiary/aromatic N) is 1. The highest BCUT2D eigenvalue weighted by atomic mass is 16.6. The molecule has 1 aromatic carbocycles. The number of ether oxygens (including phenoxy) is 1. The zero-order valence-electron chi connectivity index (χ0n) is 15.3. The predicted octanol–water partition coefficient (Wildman–Crippen LogP) is 2.24. The van der Waals surface area contributed by atoms with Crippen LogP contribution in [0.15, 0.2) is 52.1 Å². The summed E-state index contributed by atoms with van der Waals surface area (Å²) in [5.74, 6) is -1.80. The van der Waals surface area contributed by atoms with Gasteiger partial charge in [0.2, 0.25) is 0 Å². The number of nitrogens with one attached hydrogen (secondary N) is 3. The van der Waals surface area contributed by atoms with E-state index in [1.807, 2.05) is 0 Å². The first-order chi connectivity index (χ1) is 13.8. The lowest BCUT2D eigenvalue weighted by Crippen LogP contribution is -2.45. The fourth-order valence-corrected chi connectivity index (χ4v) is 2.87. The van der Waals surface area contributed by atoms with Gasteiger partial charge in [-0.2, -0.15) is 0 Å². The fraction of sp³-hybridized carbons (Fsp3) is 0.167. The minimum absolute atomic E-state index is 0.0114. The molecule has 1 aromatic heterocycles. The number of para-hydroxylation sites is 1. The number of rotatable bonds is 5. The molecule has 2 aromatic rings. The molecule has 3 rings (SSSR count). The number of amides is 3. The highest BCUT2D eigenvalue weighted by molar-refractivity contribution is 6.09. The number of carbonyl (C=O) groups is 3. The smallest absolute Gasteiger partial charge is 0.433 e. The van der Waals surface area contributed by atoms with Crippen LogP contribution in [-0.2, 0) is 9.53 Å². The van der Waals surface area contributed by atoms with Gasteiger partial charge < -0.3 is 25.1 Å². The number of esters is 1. The van der Waals surface area contributed by atoms with Crippen molar-refractivity contribution in [2.45, 2.75) is 13.0 Å². The van der Waals surface area contributed by atoms with Gasteiger partial charge in [0.1, 0.15) is 16.7 Å². The number of nitro groups is 1. The van der Waals surface area contributed by atoms with E-state index in [4.69, 9.17) is 9.15 Å². The van der Waals surface area contributed by atoms with E-state index in [1.165, 1.54) is 32.2 Å². The maximum atomic E-state index is 13.0. The van der Waals surface area contributed by atoms with Gasteiger partial charge in [-0.3, -0.25) is 14.9 Å². The number of allylic oxidation sites excluding steroid dienone is 1. The molecular formula is C18H16N4O7. The monoisotopic (exact) mass is 400 g/mol. The third-order valence-electron chi connectivity index (χ3n) is 4.17. The molecule has 3 N–H and O–H groups in total. The number of methoxy groups -OCH3 is 1. The summed E-state index contributed by atoms with van der Waals surface area (Å²) in [5.41, 5.74) is 0.629. The molecule has 0 unspecified atom stereocenters. The van der Waals surface area contributed by atoms with Crippen LogP contribution in [0.3, 0.4) is 0 Å². The Bertz CT molecular complexity index is 1040. The molecule has 0 saturated carbocycles. The van der Waals surface area contributed by atoms with Gasteiger partial charge >= 0.3 is 17.9 Å². The van der Waals surface area contributed by atoms with E-state index < -0.39 is 34.8 Å². The fourth-order valence-electron chi connectivity index (χ4n) is 2.87. The molecule has 0 spiro atoms. The van der Waals surface area contributed by atoms with E-state index in [1.54, 1.807) is 12.1 Å². The summed E-state index contributed by atoms with van der Waals surface area (Å²) in [6.07, 6.45) is 0. The zero-order valence-corrected chi connectivity index (χ0v) is 15.3. The van der Waals surface area contributed by atoms with Crippen LogP contribution in [0.5, 0.6) is 0 Å². The number of anilines is 1. The zero-order chi connectivity index (χ0) is 21.1. The van der Waals surface area contributed by atoms with Crippen molar-refractivity contribution < 1.29 is 28.5 Å². The van der Waals surface area contributed by atoms with Gasteiger partial charge in [-0.25, -0.2) is 9.59 Å². The number of hydrogen-bond acceptors (Lipinski definition) is 7. The summed E-state index contributed by atoms with van der Waals surface area (Å²) >= 11 is 0. The van der Waals surface area contributed by atoms with Crippen LogP contribution < -0.4 is 16.0 Å². The number of urea groups is 1. The number of furan rings is 1. The lowest BCUT2D eigenvalue weighted by Gasteiger charge is -2.27. The van der Waals surface area contributed by atoms with Crippen LogP contribution in [0, 0.1) is 10.1 Å². The van der Waals surface area contributed by atoms with Crippen LogP contribution in [0.25, 0.3) is 0 Å². The summed E-state index contributed by atoms with van der Waals surface area (Å²) in [4.78, 5) is 46.9. The Morgan fingerprint density at radius 1 is 1.24 bits per heavy atom. The van der Waals surface area contributed by atoms with E-state index >= 15 is 0 Å². The SMILES string of the molecule is COC(=O)c1ccccc1NC(=O)C1=C(C)NC(=O)N[C@H]1c1ccc([N+](=O)[O-])o1. The first kappa shape index (κ1) is 19.6. The van der Waals surface area contributed by atoms with Gasteiger partial charge in [0, 0.05) is 5.70 Å². The Morgan fingerprint density at radius 2 is 1.97 bits per heavy atom. The van der Waals surface area contributed by atoms with Crippen molar-refractivity contribution in [2.75, 3.05) is 12.4 Å². The van der Waals surface area contributed by atoms with Crippen LogP contribution in [0.4, 0.5) is 16.4 Å². The molecule has 1 atom stereocenters. The standard InChI is InChI=1S/C18H16N4O7/c1-9-14(16(23)20-11-6-4-3-5-10(11)17(24)28-2)15(21-18(25)19-9)12-7-8-13(29-12)22(26)27/h3-8,15H,1-2H3,(H,20,23)(H2,19,21,25)/t15-/m0/s1. The molecule has 150 valence electrons. The molecule has 0 aliphatic carbocycles. The first-order valence-electron chi connectivity index (χ1n) is 8.33. The number of benzene rings is 1. The van der Waals surface area contributed by atoms with Crippen molar-refractivity contribution in [1.29, 1.82) is 0 Å². The van der Waals surface area contributed by atoms with Crippen LogP contribution >= 0.6 is 0 Å². The minimum Gasteiger partial charge on any atom is -0.465 e. The Hall–Kier alpha value is -4.15. The van der Waals surface area contributed by atoms with Crippen molar-refractivity contribution >= 4 is 29.5 Å². The van der Waals surface area contributed by atoms with Crippen LogP contribution in [-0.4, -0.2) is 29.9 Å². The van der Waals surface area contributed by atoms with Crippen molar-refractivity contribution in [3.05, 3.63) is 69.1 Å². The van der Waals surface area contributed by atoms with Crippen molar-refractivity contribution in [2.24, 2.45) is 0 Å². The van der Waals surface area contributed by atoms with Crippen molar-refractivity contribution in [3.8, 4) is 0 Å². The average Bonchev–Trinajstić information content (AvgIpc) is 3.17. The minimum atomic E-state index is -1.07. The molecular weight excluding hydrogens is 384 g/mol. The van der Waals surface area contributed by atoms with Crippen molar-refractivity contribution in [1.82, 2.24) is 10.6 Å². The summed E-state index contributed by atoms with van der Waals surface area (Å²) in [7, 11) is 1.22. The maximum Gasteiger partial charge on any atom is 0.433 e. The number of hydrogen-bond donors (Lipinski definition) is 3. The second kappa shape index (κ2) is 7.84. The number of carbonyl (C=O) groups excluding carboxylic acids is 3. The second-order valence-electron chi connectivity index (χ2n) is 5.99. The Balaban J connectivity index is 1.96. The van der Waals surface area contributed by atoms with Crippen LogP contribution in [0.1, 0.15) is 29.1 Å². The Labute approximate surface area is 163 Å². The van der Waals surface area contributed by atoms with Gasteiger partial charge in [-0.15, -0.1) is 0 Å². The average molecular weight is 400 g/mol. The molecule has 0 saturated heterocycles. The summed E-state index contributed by atoms with van der Waals surface area (Å²) in [6.45, 7) is 1.50. The topological polar surface area (TPSA) is 153 Å². The lowest BCUT2D eigenvalue weighted by atomic mass is 9.99. The molecule has 0 fully saturated rings. The molecule has 1 aliphatic rings. The molecule has 0 bridgehead atoms. The first-order valence-corrected chi connectivity index (χ1v) is 8.33. The van der Waals surface area contributed by atoms with Gasteiger partial charge in [0.15, 0.2) is 0 Å². The van der Waals surface area contributed by atoms with E-state index in [-0.39, 0.29) is 28.3 Å². The van der Waals surface area contributed by atoms with Gasteiger partial charge in [0.05, 0.1) is 30.0 Å². The second-order valence-corrected chi connectivity index (χ2v) is 5.99. The molecule has 11 heteroatoms. The van der Waals surface area contributed by atoms with Crippen molar-refractivity contribution in [3.63, 3.8) is 0 Å². The molecule has 3 amide bonds. The van der Waals surface area contributed by atoms with E-state index in [2.05, 4.69) is 16.0 Å². The molecule has 11 nitrogen and oxygen atoms in total. The third kappa shape index (κ3) is 3.93. The van der Waals surface area contributed by atoms with E-state index in [0.29, 0.717) is 0 Å². The van der Waals surface area contributed by atoms with E-state index in [9.17, 15) is 24.5 Å². The highest BCUT2D eigenvalue weighted by Crippen LogP contribution is 2.31. The Kier molecular flexibility index (Phi) is 5.30. The molecule has 0 radical (unpaired) electrons. The summed E-state index contributed by atoms with van der Waals surface area (Å²) < 4.78 is 9.87. The normalized spacial score (nSPS) is 15.9. The van der Waals surface area contributed by atoms with Gasteiger partial charge in [-0.1, -0.05) is 12.1 Å². The maximum absolute atomic E-state index is 13.0. The van der Waals surface area contributed by atoms with Crippen LogP contribution in [0.2, 0.25) is 0 Å². The summed E-state index contributed by atoms with van der Waals surface area (Å²) in [6, 6.07) is 6.99. The molecule has 1 aliphatic heterocycles. The Morgan fingerprint density at radius 3 is 2.62 bits per heavy atom.